The summed E-state index contributed by atoms with van der Waals surface area (Å²) < 4.78 is 11.3. The zero-order valence-corrected chi connectivity index (χ0v) is 21.1. The van der Waals surface area contributed by atoms with Crippen molar-refractivity contribution in [2.24, 2.45) is 0 Å². The maximum atomic E-state index is 12.8. The Balaban J connectivity index is 0.00000289. The summed E-state index contributed by atoms with van der Waals surface area (Å²) in [5.41, 5.74) is 4.20. The summed E-state index contributed by atoms with van der Waals surface area (Å²) in [7, 11) is 0. The van der Waals surface area contributed by atoms with Crippen molar-refractivity contribution in [3.63, 3.8) is 0 Å². The third kappa shape index (κ3) is 5.81. The Bertz CT molecular complexity index is 1290. The second-order valence-corrected chi connectivity index (χ2v) is 9.57. The molecule has 3 heterocycles. The molecule has 35 heavy (non-hydrogen) atoms. The van der Waals surface area contributed by atoms with Gasteiger partial charge in [-0.15, -0.1) is 12.4 Å². The van der Waals surface area contributed by atoms with E-state index in [4.69, 9.17) is 9.47 Å². The first-order chi connectivity index (χ1) is 16.6. The smallest absolute Gasteiger partial charge is 0.234 e. The van der Waals surface area contributed by atoms with E-state index >= 15 is 0 Å². The normalized spacial score (nSPS) is 14.9. The first-order valence-electron chi connectivity index (χ1n) is 11.5. The second-order valence-electron chi connectivity index (χ2n) is 8.61. The molecule has 1 fully saturated rings. The molecule has 0 unspecified atom stereocenters. The van der Waals surface area contributed by atoms with Crippen molar-refractivity contribution in [3.8, 4) is 17.6 Å². The number of nitrogens with one attached hydrogen (secondary N) is 1. The number of halogens is 1. The summed E-state index contributed by atoms with van der Waals surface area (Å²) in [6.45, 7) is 6.16. The molecular formula is C26H27ClN4O3S. The number of fused-ring (bicyclic) bond motifs is 2. The monoisotopic (exact) mass is 510 g/mol. The molecule has 0 bridgehead atoms. The molecule has 1 amide bonds. The van der Waals surface area contributed by atoms with Gasteiger partial charge in [-0.25, -0.2) is 4.98 Å². The van der Waals surface area contributed by atoms with E-state index in [9.17, 15) is 10.1 Å². The first kappa shape index (κ1) is 25.1. The number of hydrogen-bond acceptors (Lipinski definition) is 7. The number of aromatic nitrogens is 1. The number of benzene rings is 2. The highest BCUT2D eigenvalue weighted by atomic mass is 35.5. The van der Waals surface area contributed by atoms with Gasteiger partial charge in [-0.2, -0.15) is 5.26 Å². The van der Waals surface area contributed by atoms with Crippen LogP contribution < -0.4 is 14.8 Å². The third-order valence-corrected chi connectivity index (χ3v) is 7.08. The number of rotatable bonds is 6. The van der Waals surface area contributed by atoms with Crippen LogP contribution in [0, 0.1) is 18.3 Å². The average Bonchev–Trinajstić information content (AvgIpc) is 3.36. The van der Waals surface area contributed by atoms with Gasteiger partial charge in [0.25, 0.3) is 0 Å². The summed E-state index contributed by atoms with van der Waals surface area (Å²) in [6.07, 6.45) is 2.51. The average molecular weight is 511 g/mol. The lowest BCUT2D eigenvalue weighted by Gasteiger charge is -2.19. The molecule has 1 saturated heterocycles. The van der Waals surface area contributed by atoms with Crippen LogP contribution in [-0.4, -0.2) is 47.8 Å². The zero-order valence-electron chi connectivity index (χ0n) is 19.5. The molecule has 1 aromatic heterocycles. The molecule has 0 spiro atoms. The minimum Gasteiger partial charge on any atom is -0.486 e. The lowest BCUT2D eigenvalue weighted by atomic mass is 10.1. The summed E-state index contributed by atoms with van der Waals surface area (Å²) >= 11 is 1.26. The Hall–Kier alpha value is -2.99. The molecule has 9 heteroatoms. The number of hydrogen-bond donors (Lipinski definition) is 1. The highest BCUT2D eigenvalue weighted by Crippen LogP contribution is 2.35. The largest absolute Gasteiger partial charge is 0.486 e. The summed E-state index contributed by atoms with van der Waals surface area (Å²) in [4.78, 5) is 19.8. The van der Waals surface area contributed by atoms with Crippen LogP contribution in [0.5, 0.6) is 11.5 Å². The van der Waals surface area contributed by atoms with Crippen molar-refractivity contribution in [1.82, 2.24) is 9.88 Å². The molecule has 7 nitrogen and oxygen atoms in total. The Kier molecular flexibility index (Phi) is 8.01. The third-order valence-electron chi connectivity index (χ3n) is 6.09. The molecule has 2 aliphatic rings. The van der Waals surface area contributed by atoms with E-state index < -0.39 is 0 Å². The van der Waals surface area contributed by atoms with Gasteiger partial charge in [-0.3, -0.25) is 9.69 Å². The number of likely N-dealkylation sites (tertiary alicyclic amines) is 1. The molecule has 1 N–H and O–H groups in total. The van der Waals surface area contributed by atoms with Gasteiger partial charge in [0.05, 0.1) is 16.8 Å². The van der Waals surface area contributed by atoms with Crippen molar-refractivity contribution in [2.45, 2.75) is 31.3 Å². The van der Waals surface area contributed by atoms with Gasteiger partial charge in [-0.05, 0) is 62.2 Å². The maximum Gasteiger partial charge on any atom is 0.234 e. The van der Waals surface area contributed by atoms with E-state index in [1.807, 2.05) is 19.1 Å². The minimum atomic E-state index is -0.126. The van der Waals surface area contributed by atoms with Crippen LogP contribution in [0.4, 0.5) is 5.69 Å². The molecule has 5 rings (SSSR count). The highest BCUT2D eigenvalue weighted by molar-refractivity contribution is 8.00. The maximum absolute atomic E-state index is 12.8. The van der Waals surface area contributed by atoms with E-state index in [-0.39, 0.29) is 24.1 Å². The highest BCUT2D eigenvalue weighted by Gasteiger charge is 2.17. The number of aryl methyl sites for hydroxylation is 1. The van der Waals surface area contributed by atoms with Crippen LogP contribution in [-0.2, 0) is 11.3 Å². The van der Waals surface area contributed by atoms with Gasteiger partial charge in [0.15, 0.2) is 11.5 Å². The second kappa shape index (κ2) is 11.2. The fourth-order valence-electron chi connectivity index (χ4n) is 4.30. The predicted molar refractivity (Wildman–Crippen MR) is 140 cm³/mol. The van der Waals surface area contributed by atoms with E-state index in [0.717, 1.165) is 36.3 Å². The lowest BCUT2D eigenvalue weighted by Crippen LogP contribution is -2.19. The molecule has 2 aromatic carbocycles. The standard InChI is InChI=1S/C26H26N4O3S.ClH/c1-17-4-5-18(15-30-6-2-3-7-30)10-21(17)28-25(31)16-34-26-20(14-27)11-19-12-23-24(13-22(19)29-26)33-9-8-32-23;/h4-5,10-13H,2-3,6-9,15-16H2,1H3,(H,28,31);1H. The van der Waals surface area contributed by atoms with Crippen LogP contribution in [0.2, 0.25) is 0 Å². The van der Waals surface area contributed by atoms with E-state index in [2.05, 4.69) is 39.5 Å². The number of thioether (sulfide) groups is 1. The van der Waals surface area contributed by atoms with E-state index in [0.29, 0.717) is 40.8 Å². The Labute approximate surface area is 215 Å². The van der Waals surface area contributed by atoms with Crippen molar-refractivity contribution in [3.05, 3.63) is 53.1 Å². The molecule has 0 radical (unpaired) electrons. The number of nitrogens with zero attached hydrogens (tertiary/aromatic N) is 3. The summed E-state index contributed by atoms with van der Waals surface area (Å²) in [5.74, 6) is 1.34. The lowest BCUT2D eigenvalue weighted by molar-refractivity contribution is -0.113. The van der Waals surface area contributed by atoms with Crippen molar-refractivity contribution in [2.75, 3.05) is 37.4 Å². The molecular weight excluding hydrogens is 484 g/mol. The predicted octanol–water partition coefficient (Wildman–Crippen LogP) is 4.93. The number of nitriles is 1. The van der Waals surface area contributed by atoms with E-state index in [1.54, 1.807) is 6.07 Å². The minimum absolute atomic E-state index is 0. The first-order valence-corrected chi connectivity index (χ1v) is 12.5. The Morgan fingerprint density at radius 1 is 1.14 bits per heavy atom. The molecule has 2 aliphatic heterocycles. The van der Waals surface area contributed by atoms with Crippen LogP contribution >= 0.6 is 24.2 Å². The Morgan fingerprint density at radius 3 is 2.63 bits per heavy atom. The van der Waals surface area contributed by atoms with Gasteiger partial charge in [0.1, 0.15) is 24.3 Å². The number of carbonyl (C=O) groups is 1. The number of anilines is 1. The molecule has 0 aliphatic carbocycles. The zero-order chi connectivity index (χ0) is 23.5. The van der Waals surface area contributed by atoms with E-state index in [1.165, 1.54) is 30.2 Å². The van der Waals surface area contributed by atoms with Crippen LogP contribution in [0.15, 0.2) is 41.4 Å². The van der Waals surface area contributed by atoms with Crippen molar-refractivity contribution in [1.29, 1.82) is 5.26 Å². The number of ether oxygens (including phenoxy) is 2. The molecule has 0 atom stereocenters. The van der Waals surface area contributed by atoms with Crippen LogP contribution in [0.1, 0.15) is 29.5 Å². The molecule has 0 saturated carbocycles. The van der Waals surface area contributed by atoms with Gasteiger partial charge < -0.3 is 14.8 Å². The Morgan fingerprint density at radius 2 is 1.89 bits per heavy atom. The number of pyridine rings is 1. The SMILES string of the molecule is Cc1ccc(CN2CCCC2)cc1NC(=O)CSc1nc2cc3c(cc2cc1C#N)OCCO3.Cl. The van der Waals surface area contributed by atoms with Gasteiger partial charge >= 0.3 is 0 Å². The van der Waals surface area contributed by atoms with Crippen LogP contribution in [0.25, 0.3) is 10.9 Å². The molecule has 3 aromatic rings. The summed E-state index contributed by atoms with van der Waals surface area (Å²) in [6, 6.07) is 13.9. The van der Waals surface area contributed by atoms with Gasteiger partial charge in [0.2, 0.25) is 5.91 Å². The fraction of sp³-hybridized carbons (Fsp3) is 0.346. The summed E-state index contributed by atoms with van der Waals surface area (Å²) in [5, 5.41) is 14.0. The quantitative estimate of drug-likeness (QED) is 0.470. The van der Waals surface area contributed by atoms with Crippen molar-refractivity contribution >= 4 is 46.7 Å². The van der Waals surface area contributed by atoms with Crippen LogP contribution in [0.3, 0.4) is 0 Å². The number of amides is 1. The van der Waals surface area contributed by atoms with Gasteiger partial charge in [-0.1, -0.05) is 23.9 Å². The van der Waals surface area contributed by atoms with Gasteiger partial charge in [0, 0.05) is 23.7 Å². The number of carbonyl (C=O) groups excluding carboxylic acids is 1. The van der Waals surface area contributed by atoms with Crippen molar-refractivity contribution < 1.29 is 14.3 Å². The topological polar surface area (TPSA) is 87.5 Å². The molecule has 182 valence electrons. The fourth-order valence-corrected chi connectivity index (χ4v) is 5.07.